The molecule has 0 aromatic carbocycles. The fraction of sp³-hybridized carbons (Fsp3) is 0.400. The molecule has 0 fully saturated rings. The highest BCUT2D eigenvalue weighted by Gasteiger charge is 2.19. The molecule has 0 bridgehead atoms. The minimum Gasteiger partial charge on any atom is -0.319 e. The molecule has 1 heterocycles. The van der Waals surface area contributed by atoms with E-state index in [9.17, 15) is 4.79 Å². The number of carbonyl (C=O) groups excluding carboxylic acids is 1. The Morgan fingerprint density at radius 3 is 2.59 bits per heavy atom. The van der Waals surface area contributed by atoms with Crippen LogP contribution in [0.25, 0.3) is 0 Å². The van der Waals surface area contributed by atoms with E-state index in [-0.39, 0.29) is 18.3 Å². The number of pyridine rings is 1. The molecule has 1 rings (SSSR count). The summed E-state index contributed by atoms with van der Waals surface area (Å²) in [4.78, 5) is 15.9. The van der Waals surface area contributed by atoms with E-state index in [1.165, 1.54) is 5.12 Å². The zero-order valence-electron chi connectivity index (χ0n) is 9.88. The van der Waals surface area contributed by atoms with E-state index in [4.69, 9.17) is 5.73 Å². The normalized spacial score (nSPS) is 11.5. The molecule has 0 spiro atoms. The summed E-state index contributed by atoms with van der Waals surface area (Å²) in [6, 6.07) is 4.92. The van der Waals surface area contributed by atoms with Crippen LogP contribution in [0, 0.1) is 0 Å². The Morgan fingerprint density at radius 2 is 2.12 bits per heavy atom. The highest BCUT2D eigenvalue weighted by Crippen LogP contribution is 1.99. The lowest BCUT2D eigenvalue weighted by atomic mass is 10.1. The average molecular weight is 260 g/mol. The van der Waals surface area contributed by atoms with Gasteiger partial charge in [0.05, 0.1) is 6.04 Å². The molecule has 0 aliphatic rings. The molecule has 0 saturated heterocycles. The van der Waals surface area contributed by atoms with Crippen LogP contribution in [-0.4, -0.2) is 36.1 Å². The van der Waals surface area contributed by atoms with E-state index in [1.54, 1.807) is 20.3 Å². The molecular formula is C10H18ClN5O. The maximum absolute atomic E-state index is 11.8. The third kappa shape index (κ3) is 4.66. The van der Waals surface area contributed by atoms with Gasteiger partial charge in [-0.3, -0.25) is 9.78 Å². The molecule has 1 aromatic rings. The second-order valence-corrected chi connectivity index (χ2v) is 3.25. The van der Waals surface area contributed by atoms with Gasteiger partial charge in [0.2, 0.25) is 0 Å². The minimum atomic E-state index is -0.616. The van der Waals surface area contributed by atoms with Crippen LogP contribution in [0.2, 0.25) is 0 Å². The zero-order valence-corrected chi connectivity index (χ0v) is 10.7. The molecule has 7 heteroatoms. The lowest BCUT2D eigenvalue weighted by Crippen LogP contribution is -2.55. The van der Waals surface area contributed by atoms with Crippen LogP contribution in [0.3, 0.4) is 0 Å². The molecular weight excluding hydrogens is 242 g/mol. The van der Waals surface area contributed by atoms with Crippen LogP contribution < -0.4 is 16.6 Å². The lowest BCUT2D eigenvalue weighted by molar-refractivity contribution is -0.138. The summed E-state index contributed by atoms with van der Waals surface area (Å²) in [7, 11) is 3.28. The number of nitrogens with zero attached hydrogens (tertiary/aromatic N) is 2. The second-order valence-electron chi connectivity index (χ2n) is 3.25. The van der Waals surface area contributed by atoms with Crippen LogP contribution >= 0.6 is 12.4 Å². The fourth-order valence-electron chi connectivity index (χ4n) is 1.33. The number of amides is 1. The molecule has 1 aromatic heterocycles. The number of nitrogens with one attached hydrogen (secondary N) is 2. The average Bonchev–Trinajstić information content (AvgIpc) is 2.31. The highest BCUT2D eigenvalue weighted by molar-refractivity contribution is 5.85. The molecule has 0 saturated carbocycles. The maximum Gasteiger partial charge on any atom is 0.268 e. The standard InChI is InChI=1S/C10H17N5O.ClH/c1-12-15(13-2)10(16)9(11)7-8-5-3-4-6-14-8;/h3-6,9,12-13H,7,11H2,1-2H3;1H. The lowest BCUT2D eigenvalue weighted by Gasteiger charge is -2.22. The Balaban J connectivity index is 0.00000256. The van der Waals surface area contributed by atoms with Crippen molar-refractivity contribution in [3.05, 3.63) is 30.1 Å². The minimum absolute atomic E-state index is 0. The highest BCUT2D eigenvalue weighted by atomic mass is 35.5. The number of hydrogen-bond acceptors (Lipinski definition) is 5. The molecule has 1 atom stereocenters. The van der Waals surface area contributed by atoms with E-state index in [1.807, 2.05) is 18.2 Å². The second kappa shape index (κ2) is 7.97. The number of rotatable bonds is 5. The van der Waals surface area contributed by atoms with Crippen LogP contribution in [-0.2, 0) is 11.2 Å². The van der Waals surface area contributed by atoms with E-state index >= 15 is 0 Å². The van der Waals surface area contributed by atoms with Gasteiger partial charge in [-0.25, -0.2) is 16.0 Å². The summed E-state index contributed by atoms with van der Waals surface area (Å²) in [5.74, 6) is -0.226. The predicted octanol–water partition coefficient (Wildman–Crippen LogP) is -0.529. The Hall–Kier alpha value is -1.21. The van der Waals surface area contributed by atoms with Crippen molar-refractivity contribution < 1.29 is 4.79 Å². The van der Waals surface area contributed by atoms with E-state index in [0.29, 0.717) is 6.42 Å². The number of carbonyl (C=O) groups is 1. The first-order chi connectivity index (χ1) is 7.69. The SMILES string of the molecule is CNN(NC)C(=O)C(N)Cc1ccccn1.Cl. The van der Waals surface area contributed by atoms with Gasteiger partial charge in [0.1, 0.15) is 0 Å². The van der Waals surface area contributed by atoms with Crippen molar-refractivity contribution in [2.45, 2.75) is 12.5 Å². The van der Waals surface area contributed by atoms with Crippen molar-refractivity contribution >= 4 is 18.3 Å². The number of hydrogen-bond donors (Lipinski definition) is 3. The quantitative estimate of drug-likeness (QED) is 0.620. The van der Waals surface area contributed by atoms with E-state index < -0.39 is 6.04 Å². The van der Waals surface area contributed by atoms with Crippen LogP contribution in [0.5, 0.6) is 0 Å². The molecule has 4 N–H and O–H groups in total. The Kier molecular flexibility index (Phi) is 7.40. The van der Waals surface area contributed by atoms with Gasteiger partial charge in [0.25, 0.3) is 5.91 Å². The molecule has 0 radical (unpaired) electrons. The summed E-state index contributed by atoms with van der Waals surface area (Å²) >= 11 is 0. The molecule has 0 aliphatic carbocycles. The van der Waals surface area contributed by atoms with Crippen molar-refractivity contribution in [2.75, 3.05) is 14.1 Å². The number of aromatic nitrogens is 1. The largest absolute Gasteiger partial charge is 0.319 e. The van der Waals surface area contributed by atoms with Crippen LogP contribution in [0.15, 0.2) is 24.4 Å². The number of halogens is 1. The van der Waals surface area contributed by atoms with E-state index in [0.717, 1.165) is 5.69 Å². The summed E-state index contributed by atoms with van der Waals surface area (Å²) in [5, 5.41) is 1.24. The molecule has 6 nitrogen and oxygen atoms in total. The van der Waals surface area contributed by atoms with Crippen LogP contribution in [0.1, 0.15) is 5.69 Å². The van der Waals surface area contributed by atoms with Gasteiger partial charge >= 0.3 is 0 Å². The Bertz CT molecular complexity index is 331. The topological polar surface area (TPSA) is 83.3 Å². The van der Waals surface area contributed by atoms with Gasteiger partial charge < -0.3 is 5.73 Å². The van der Waals surface area contributed by atoms with Gasteiger partial charge in [-0.2, -0.15) is 0 Å². The molecule has 1 unspecified atom stereocenters. The summed E-state index contributed by atoms with van der Waals surface area (Å²) < 4.78 is 0. The third-order valence-corrected chi connectivity index (χ3v) is 2.14. The van der Waals surface area contributed by atoms with Crippen molar-refractivity contribution in [2.24, 2.45) is 5.73 Å². The summed E-state index contributed by atoms with van der Waals surface area (Å²) in [6.07, 6.45) is 2.10. The van der Waals surface area contributed by atoms with Gasteiger partial charge in [0.15, 0.2) is 0 Å². The fourth-order valence-corrected chi connectivity index (χ4v) is 1.33. The Labute approximate surface area is 107 Å². The van der Waals surface area contributed by atoms with Gasteiger partial charge in [-0.1, -0.05) is 6.07 Å². The third-order valence-electron chi connectivity index (χ3n) is 2.14. The smallest absolute Gasteiger partial charge is 0.268 e. The summed E-state index contributed by atoms with van der Waals surface area (Å²) in [5.41, 5.74) is 12.0. The number of hydrazine groups is 2. The molecule has 17 heavy (non-hydrogen) atoms. The first kappa shape index (κ1) is 15.8. The first-order valence-corrected chi connectivity index (χ1v) is 5.03. The predicted molar refractivity (Wildman–Crippen MR) is 68.1 cm³/mol. The van der Waals surface area contributed by atoms with Crippen LogP contribution in [0.4, 0.5) is 0 Å². The van der Waals surface area contributed by atoms with Crippen molar-refractivity contribution in [3.8, 4) is 0 Å². The van der Waals surface area contributed by atoms with Crippen molar-refractivity contribution in [3.63, 3.8) is 0 Å². The van der Waals surface area contributed by atoms with E-state index in [2.05, 4.69) is 15.8 Å². The van der Waals surface area contributed by atoms with Gasteiger partial charge in [-0.05, 0) is 12.1 Å². The van der Waals surface area contributed by atoms with Gasteiger partial charge in [-0.15, -0.1) is 12.4 Å². The van der Waals surface area contributed by atoms with Crippen molar-refractivity contribution in [1.29, 1.82) is 0 Å². The number of nitrogens with two attached hydrogens (primary N) is 1. The maximum atomic E-state index is 11.8. The molecule has 1 amide bonds. The molecule has 96 valence electrons. The zero-order chi connectivity index (χ0) is 12.0. The molecule has 0 aliphatic heterocycles. The van der Waals surface area contributed by atoms with Gasteiger partial charge in [0, 0.05) is 32.4 Å². The first-order valence-electron chi connectivity index (χ1n) is 5.03. The Morgan fingerprint density at radius 1 is 1.47 bits per heavy atom. The van der Waals surface area contributed by atoms with Crippen molar-refractivity contribution in [1.82, 2.24) is 21.0 Å². The monoisotopic (exact) mass is 259 g/mol. The summed E-state index contributed by atoms with van der Waals surface area (Å²) in [6.45, 7) is 0.